The van der Waals surface area contributed by atoms with Gasteiger partial charge in [0.25, 0.3) is 5.54 Å². The van der Waals surface area contributed by atoms with Crippen molar-refractivity contribution >= 4 is 12.0 Å². The van der Waals surface area contributed by atoms with Crippen molar-refractivity contribution in [1.82, 2.24) is 10.0 Å². The van der Waals surface area contributed by atoms with Gasteiger partial charge in [-0.1, -0.05) is 72.8 Å². The van der Waals surface area contributed by atoms with Crippen LogP contribution in [-0.2, 0) is 4.79 Å². The van der Waals surface area contributed by atoms with Crippen molar-refractivity contribution in [3.05, 3.63) is 88.0 Å². The summed E-state index contributed by atoms with van der Waals surface area (Å²) in [5.41, 5.74) is 0.416. The van der Waals surface area contributed by atoms with Gasteiger partial charge < -0.3 is 0 Å². The van der Waals surface area contributed by atoms with Crippen molar-refractivity contribution in [3.8, 4) is 0 Å². The molecule has 6 nitrogen and oxygen atoms in total. The van der Waals surface area contributed by atoms with Crippen LogP contribution in [0.2, 0.25) is 0 Å². The van der Waals surface area contributed by atoms with Crippen LogP contribution in [-0.4, -0.2) is 39.0 Å². The predicted octanol–water partition coefficient (Wildman–Crippen LogP) is 3.31. The van der Waals surface area contributed by atoms with E-state index in [0.29, 0.717) is 13.0 Å². The zero-order valence-corrected chi connectivity index (χ0v) is 15.1. The molecule has 0 bridgehead atoms. The van der Waals surface area contributed by atoms with E-state index < -0.39 is 17.6 Å². The van der Waals surface area contributed by atoms with Crippen LogP contribution < -0.4 is 0 Å². The minimum Gasteiger partial charge on any atom is -0.273 e. The third-order valence-corrected chi connectivity index (χ3v) is 5.58. The lowest BCUT2D eigenvalue weighted by Gasteiger charge is -2.28. The van der Waals surface area contributed by atoms with Crippen LogP contribution in [0.15, 0.2) is 66.7 Å². The first kappa shape index (κ1) is 17.4. The summed E-state index contributed by atoms with van der Waals surface area (Å²) in [5, 5.41) is 15.7. The summed E-state index contributed by atoms with van der Waals surface area (Å²) < 4.78 is 0. The molecule has 1 amide bonds. The normalized spacial score (nSPS) is 28.0. The highest BCUT2D eigenvalue weighted by molar-refractivity contribution is 5.79. The summed E-state index contributed by atoms with van der Waals surface area (Å²) in [5.74, 6) is -0.0625. The average molecular weight is 363 g/mol. The number of nitro groups is 1. The molecule has 2 aromatic carbocycles. The largest absolute Gasteiger partial charge is 0.273 e. The minimum atomic E-state index is -1.34. The smallest absolute Gasteiger partial charge is 0.265 e. The molecule has 6 heteroatoms. The number of hydrazine groups is 1. The zero-order valence-electron chi connectivity index (χ0n) is 15.1. The van der Waals surface area contributed by atoms with E-state index >= 15 is 0 Å². The van der Waals surface area contributed by atoms with Gasteiger partial charge in [-0.25, -0.2) is 5.01 Å². The molecule has 2 aromatic rings. The van der Waals surface area contributed by atoms with Crippen molar-refractivity contribution in [3.63, 3.8) is 0 Å². The van der Waals surface area contributed by atoms with Crippen LogP contribution >= 0.6 is 0 Å². The Bertz CT molecular complexity index is 884. The first-order valence-corrected chi connectivity index (χ1v) is 9.05. The fourth-order valence-electron chi connectivity index (χ4n) is 4.23. The molecule has 0 aliphatic carbocycles. The van der Waals surface area contributed by atoms with Crippen LogP contribution in [0.3, 0.4) is 0 Å². The number of hydrogen-bond acceptors (Lipinski definition) is 4. The van der Waals surface area contributed by atoms with E-state index in [9.17, 15) is 14.9 Å². The summed E-state index contributed by atoms with van der Waals surface area (Å²) >= 11 is 0. The van der Waals surface area contributed by atoms with E-state index in [1.54, 1.807) is 11.9 Å². The monoisotopic (exact) mass is 363 g/mol. The third kappa shape index (κ3) is 2.73. The van der Waals surface area contributed by atoms with Gasteiger partial charge in [-0.3, -0.25) is 19.9 Å². The Morgan fingerprint density at radius 2 is 1.74 bits per heavy atom. The van der Waals surface area contributed by atoms with E-state index in [1.165, 1.54) is 0 Å². The van der Waals surface area contributed by atoms with E-state index in [0.717, 1.165) is 11.1 Å². The van der Waals surface area contributed by atoms with Gasteiger partial charge in [0.2, 0.25) is 5.91 Å². The zero-order chi connectivity index (χ0) is 19.0. The van der Waals surface area contributed by atoms with Crippen LogP contribution in [0.4, 0.5) is 0 Å². The Morgan fingerprint density at radius 1 is 1.11 bits per heavy atom. The van der Waals surface area contributed by atoms with Crippen molar-refractivity contribution in [1.29, 1.82) is 0 Å². The molecule has 3 atom stereocenters. The summed E-state index contributed by atoms with van der Waals surface area (Å²) in [6, 6.07) is 17.9. The highest BCUT2D eigenvalue weighted by Gasteiger charge is 2.66. The van der Waals surface area contributed by atoms with Crippen LogP contribution in [0.5, 0.6) is 0 Å². The summed E-state index contributed by atoms with van der Waals surface area (Å²) in [6.45, 7) is 2.14. The fraction of sp³-hybridized carbons (Fsp3) is 0.286. The number of fused-ring (bicyclic) bond motifs is 1. The maximum Gasteiger partial charge on any atom is 0.265 e. The van der Waals surface area contributed by atoms with Crippen molar-refractivity contribution in [2.45, 2.75) is 31.0 Å². The molecular weight excluding hydrogens is 342 g/mol. The second-order valence-corrected chi connectivity index (χ2v) is 7.16. The summed E-state index contributed by atoms with van der Waals surface area (Å²) in [7, 11) is 0. The lowest BCUT2D eigenvalue weighted by molar-refractivity contribution is -0.570. The van der Waals surface area contributed by atoms with Gasteiger partial charge in [0.05, 0.1) is 0 Å². The van der Waals surface area contributed by atoms with Gasteiger partial charge in [0.15, 0.2) is 0 Å². The van der Waals surface area contributed by atoms with Crippen LogP contribution in [0, 0.1) is 10.1 Å². The Labute approximate surface area is 157 Å². The summed E-state index contributed by atoms with van der Waals surface area (Å²) in [4.78, 5) is 24.7. The average Bonchev–Trinajstić information content (AvgIpc) is 3.17. The minimum absolute atomic E-state index is 0.0625. The number of benzene rings is 2. The Morgan fingerprint density at radius 3 is 2.37 bits per heavy atom. The van der Waals surface area contributed by atoms with Crippen molar-refractivity contribution in [2.75, 3.05) is 6.54 Å². The molecule has 27 heavy (non-hydrogen) atoms. The van der Waals surface area contributed by atoms with Crippen molar-refractivity contribution in [2.24, 2.45) is 0 Å². The molecule has 0 unspecified atom stereocenters. The molecule has 4 rings (SSSR count). The molecule has 0 saturated carbocycles. The van der Waals surface area contributed by atoms with E-state index in [2.05, 4.69) is 0 Å². The highest BCUT2D eigenvalue weighted by Crippen LogP contribution is 2.48. The van der Waals surface area contributed by atoms with Gasteiger partial charge in [-0.2, -0.15) is 0 Å². The molecule has 0 spiro atoms. The quantitative estimate of drug-likeness (QED) is 0.617. The van der Waals surface area contributed by atoms with E-state index in [4.69, 9.17) is 0 Å². The fourth-order valence-corrected chi connectivity index (χ4v) is 4.23. The van der Waals surface area contributed by atoms with Crippen molar-refractivity contribution < 1.29 is 9.72 Å². The van der Waals surface area contributed by atoms with Gasteiger partial charge in [0.1, 0.15) is 12.1 Å². The Balaban J connectivity index is 1.81. The second-order valence-electron chi connectivity index (χ2n) is 7.16. The number of nitrogens with zero attached hydrogens (tertiary/aromatic N) is 3. The maximum absolute atomic E-state index is 12.6. The van der Waals surface area contributed by atoms with Gasteiger partial charge in [-0.05, 0) is 11.1 Å². The Kier molecular flexibility index (Phi) is 4.28. The molecule has 0 radical (unpaired) electrons. The van der Waals surface area contributed by atoms with Gasteiger partial charge >= 0.3 is 0 Å². The molecule has 0 aromatic heterocycles. The SMILES string of the molecule is C[C@]1([N+](=O)[O-])[C@H](c2ccccc2)N2C(=O)CCN2[C@@H]1/C=C\c1ccccc1. The second kappa shape index (κ2) is 6.63. The Hall–Kier alpha value is -2.99. The van der Waals surface area contributed by atoms with Gasteiger partial charge in [-0.15, -0.1) is 0 Å². The number of hydrogen-bond donors (Lipinski definition) is 0. The lowest BCUT2D eigenvalue weighted by Crippen LogP contribution is -2.49. The van der Waals surface area contributed by atoms with E-state index in [-0.39, 0.29) is 10.8 Å². The molecular formula is C21H21N3O3. The highest BCUT2D eigenvalue weighted by atomic mass is 16.6. The molecule has 0 N–H and O–H groups in total. The molecule has 2 heterocycles. The molecule has 2 aliphatic heterocycles. The standard InChI is InChI=1S/C21H21N3O3/c1-21(24(26)27)18(13-12-16-8-4-2-5-9-16)22-15-14-19(25)23(22)20(21)17-10-6-3-7-11-17/h2-13,18,20H,14-15H2,1H3/b13-12-/t18-,20+,21-/m1/s1. The molecule has 2 saturated heterocycles. The third-order valence-electron chi connectivity index (χ3n) is 5.58. The molecule has 2 aliphatic rings. The van der Waals surface area contributed by atoms with Crippen LogP contribution in [0.1, 0.15) is 30.5 Å². The lowest BCUT2D eigenvalue weighted by atomic mass is 9.82. The molecule has 2 fully saturated rings. The topological polar surface area (TPSA) is 66.7 Å². The van der Waals surface area contributed by atoms with E-state index in [1.807, 2.05) is 77.8 Å². The predicted molar refractivity (Wildman–Crippen MR) is 102 cm³/mol. The number of amides is 1. The first-order chi connectivity index (χ1) is 13.0. The van der Waals surface area contributed by atoms with Crippen LogP contribution in [0.25, 0.3) is 6.08 Å². The number of carbonyl (C=O) groups excluding carboxylic acids is 1. The first-order valence-electron chi connectivity index (χ1n) is 9.05. The van der Waals surface area contributed by atoms with Gasteiger partial charge in [0, 0.05) is 24.8 Å². The molecule has 138 valence electrons. The number of rotatable bonds is 4. The number of carbonyl (C=O) groups is 1. The maximum atomic E-state index is 12.6. The summed E-state index contributed by atoms with van der Waals surface area (Å²) in [6.07, 6.45) is 4.15.